The number of benzene rings is 1. The molecule has 0 atom stereocenters. The van der Waals surface area contributed by atoms with E-state index < -0.39 is 0 Å². The largest absolute Gasteiger partial charge is 0.384 e. The van der Waals surface area contributed by atoms with Gasteiger partial charge in [0.15, 0.2) is 0 Å². The van der Waals surface area contributed by atoms with E-state index in [2.05, 4.69) is 47.2 Å². The van der Waals surface area contributed by atoms with E-state index in [0.29, 0.717) is 0 Å². The zero-order valence-corrected chi connectivity index (χ0v) is 13.1. The summed E-state index contributed by atoms with van der Waals surface area (Å²) in [6, 6.07) is 4.35. The van der Waals surface area contributed by atoms with Gasteiger partial charge in [0.1, 0.15) is 0 Å². The molecule has 0 bridgehead atoms. The van der Waals surface area contributed by atoms with Crippen molar-refractivity contribution in [3.63, 3.8) is 0 Å². The molecule has 1 aromatic heterocycles. The van der Waals surface area contributed by atoms with Gasteiger partial charge >= 0.3 is 0 Å². The molecular weight excluding hydrogens is 300 g/mol. The first-order chi connectivity index (χ1) is 9.20. The highest BCUT2D eigenvalue weighted by Gasteiger charge is 2.20. The van der Waals surface area contributed by atoms with Crippen LogP contribution in [0.1, 0.15) is 36.6 Å². The maximum absolute atomic E-state index is 4.90. The summed E-state index contributed by atoms with van der Waals surface area (Å²) < 4.78 is 1.14. The van der Waals surface area contributed by atoms with Gasteiger partial charge < -0.3 is 5.32 Å². The molecule has 2 nitrogen and oxygen atoms in total. The third-order valence-corrected chi connectivity index (χ3v) is 4.28. The van der Waals surface area contributed by atoms with Gasteiger partial charge in [0, 0.05) is 27.8 Å². The average molecular weight is 319 g/mol. The Kier molecular flexibility index (Phi) is 3.48. The van der Waals surface area contributed by atoms with E-state index in [1.807, 2.05) is 0 Å². The maximum atomic E-state index is 4.90. The minimum Gasteiger partial charge on any atom is -0.384 e. The van der Waals surface area contributed by atoms with Crippen LogP contribution in [0.5, 0.6) is 0 Å². The van der Waals surface area contributed by atoms with Crippen molar-refractivity contribution >= 4 is 32.5 Å². The van der Waals surface area contributed by atoms with E-state index in [-0.39, 0.29) is 0 Å². The van der Waals surface area contributed by atoms with Crippen molar-refractivity contribution < 1.29 is 0 Å². The molecule has 0 radical (unpaired) electrons. The molecule has 19 heavy (non-hydrogen) atoms. The number of pyridine rings is 1. The second-order valence-corrected chi connectivity index (χ2v) is 6.23. The topological polar surface area (TPSA) is 24.9 Å². The summed E-state index contributed by atoms with van der Waals surface area (Å²) in [7, 11) is 0. The third-order valence-electron chi connectivity index (χ3n) is 3.82. The van der Waals surface area contributed by atoms with Crippen LogP contribution in [0.4, 0.5) is 5.69 Å². The number of aryl methyl sites for hydroxylation is 2. The molecule has 1 N–H and O–H groups in total. The summed E-state index contributed by atoms with van der Waals surface area (Å²) in [6.45, 7) is 5.37. The predicted molar refractivity (Wildman–Crippen MR) is 85.0 cm³/mol. The normalized spacial score (nSPS) is 13.8. The van der Waals surface area contributed by atoms with Crippen LogP contribution in [0.3, 0.4) is 0 Å². The first kappa shape index (κ1) is 12.9. The zero-order chi connectivity index (χ0) is 13.4. The Morgan fingerprint density at radius 1 is 1.32 bits per heavy atom. The molecule has 1 aliphatic rings. The van der Waals surface area contributed by atoms with E-state index in [4.69, 9.17) is 4.98 Å². The highest BCUT2D eigenvalue weighted by atomic mass is 79.9. The molecule has 1 aliphatic carbocycles. The molecule has 2 aromatic rings. The molecule has 0 aliphatic heterocycles. The zero-order valence-electron chi connectivity index (χ0n) is 11.5. The van der Waals surface area contributed by atoms with Crippen molar-refractivity contribution in [2.24, 2.45) is 0 Å². The van der Waals surface area contributed by atoms with Gasteiger partial charge in [-0.1, -0.05) is 22.9 Å². The van der Waals surface area contributed by atoms with Crippen LogP contribution >= 0.6 is 15.9 Å². The first-order valence-corrected chi connectivity index (χ1v) is 7.85. The molecule has 0 amide bonds. The Labute approximate surface area is 122 Å². The molecule has 3 rings (SSSR count). The first-order valence-electron chi connectivity index (χ1n) is 7.06. The number of halogens is 1. The van der Waals surface area contributed by atoms with E-state index in [1.54, 1.807) is 0 Å². The molecule has 1 heterocycles. The minimum absolute atomic E-state index is 1.02. The van der Waals surface area contributed by atoms with Gasteiger partial charge in [-0.2, -0.15) is 0 Å². The van der Waals surface area contributed by atoms with Crippen molar-refractivity contribution in [1.82, 2.24) is 4.98 Å². The van der Waals surface area contributed by atoms with E-state index >= 15 is 0 Å². The molecule has 0 unspecified atom stereocenters. The van der Waals surface area contributed by atoms with Crippen molar-refractivity contribution in [3.8, 4) is 0 Å². The smallest absolute Gasteiger partial charge is 0.0756 e. The summed E-state index contributed by atoms with van der Waals surface area (Å²) in [5, 5.41) is 4.90. The molecule has 0 saturated carbocycles. The molecular formula is C16H19BrN2. The summed E-state index contributed by atoms with van der Waals surface area (Å²) in [4.78, 5) is 4.90. The van der Waals surface area contributed by atoms with E-state index in [0.717, 1.165) is 35.8 Å². The number of fused-ring (bicyclic) bond motifs is 2. The molecule has 3 heteroatoms. The van der Waals surface area contributed by atoms with Gasteiger partial charge in [-0.25, -0.2) is 0 Å². The van der Waals surface area contributed by atoms with Crippen molar-refractivity contribution in [1.29, 1.82) is 0 Å². The monoisotopic (exact) mass is 318 g/mol. The number of rotatable bonds is 3. The van der Waals surface area contributed by atoms with Crippen molar-refractivity contribution in [2.45, 2.75) is 39.5 Å². The van der Waals surface area contributed by atoms with Gasteiger partial charge in [-0.05, 0) is 55.9 Å². The van der Waals surface area contributed by atoms with Crippen LogP contribution in [0.25, 0.3) is 10.9 Å². The number of nitrogens with one attached hydrogen (secondary N) is 1. The fourth-order valence-corrected chi connectivity index (χ4v) is 3.52. The highest BCUT2D eigenvalue weighted by molar-refractivity contribution is 9.10. The van der Waals surface area contributed by atoms with Crippen LogP contribution in [0.15, 0.2) is 16.6 Å². The molecule has 0 saturated heterocycles. The van der Waals surface area contributed by atoms with E-state index in [1.165, 1.54) is 34.3 Å². The Morgan fingerprint density at radius 2 is 2.16 bits per heavy atom. The summed E-state index contributed by atoms with van der Waals surface area (Å²) >= 11 is 3.61. The van der Waals surface area contributed by atoms with Gasteiger partial charge in [0.2, 0.25) is 0 Å². The van der Waals surface area contributed by atoms with Crippen LogP contribution < -0.4 is 5.32 Å². The van der Waals surface area contributed by atoms with Crippen molar-refractivity contribution in [2.75, 3.05) is 11.9 Å². The fourth-order valence-electron chi connectivity index (χ4n) is 2.94. The second kappa shape index (κ2) is 5.12. The lowest BCUT2D eigenvalue weighted by Crippen LogP contribution is -2.05. The van der Waals surface area contributed by atoms with Crippen LogP contribution in [-0.2, 0) is 12.8 Å². The number of aromatic nitrogens is 1. The number of hydrogen-bond acceptors (Lipinski definition) is 2. The van der Waals surface area contributed by atoms with Gasteiger partial charge in [-0.15, -0.1) is 0 Å². The number of anilines is 1. The van der Waals surface area contributed by atoms with Crippen LogP contribution in [0.2, 0.25) is 0 Å². The summed E-state index contributed by atoms with van der Waals surface area (Å²) in [5.41, 5.74) is 6.47. The lowest BCUT2D eigenvalue weighted by atomic mass is 10.0. The lowest BCUT2D eigenvalue weighted by molar-refractivity contribution is 0.900. The van der Waals surface area contributed by atoms with E-state index in [9.17, 15) is 0 Å². The molecule has 0 fully saturated rings. The highest BCUT2D eigenvalue weighted by Crippen LogP contribution is 2.36. The Hall–Kier alpha value is -1.09. The van der Waals surface area contributed by atoms with Crippen LogP contribution in [0, 0.1) is 6.92 Å². The molecule has 1 aromatic carbocycles. The standard InChI is InChI=1S/C16H19BrN2/c1-3-7-18-16-12-5-4-6-14(12)19-15-10(2)8-11(17)9-13(15)16/h8-9H,3-7H2,1-2H3,(H,18,19). The Morgan fingerprint density at radius 3 is 2.95 bits per heavy atom. The quantitative estimate of drug-likeness (QED) is 0.893. The van der Waals surface area contributed by atoms with Crippen molar-refractivity contribution in [3.05, 3.63) is 33.4 Å². The maximum Gasteiger partial charge on any atom is 0.0756 e. The molecule has 100 valence electrons. The minimum atomic E-state index is 1.02. The van der Waals surface area contributed by atoms with Gasteiger partial charge in [-0.3, -0.25) is 4.98 Å². The average Bonchev–Trinajstić information content (AvgIpc) is 2.83. The number of hydrogen-bond donors (Lipinski definition) is 1. The summed E-state index contributed by atoms with van der Waals surface area (Å²) in [6.07, 6.45) is 4.67. The predicted octanol–water partition coefficient (Wildman–Crippen LogP) is 4.62. The third kappa shape index (κ3) is 2.25. The lowest BCUT2D eigenvalue weighted by Gasteiger charge is -2.15. The number of nitrogens with zero attached hydrogens (tertiary/aromatic N) is 1. The van der Waals surface area contributed by atoms with Gasteiger partial charge in [0.25, 0.3) is 0 Å². The SMILES string of the molecule is CCCNc1c2c(nc3c(C)cc(Br)cc13)CCC2. The second-order valence-electron chi connectivity index (χ2n) is 5.31. The summed E-state index contributed by atoms with van der Waals surface area (Å²) in [5.74, 6) is 0. The fraction of sp³-hybridized carbons (Fsp3) is 0.438. The van der Waals surface area contributed by atoms with Crippen LogP contribution in [-0.4, -0.2) is 11.5 Å². The molecule has 0 spiro atoms. The van der Waals surface area contributed by atoms with Gasteiger partial charge in [0.05, 0.1) is 5.52 Å². The Balaban J connectivity index is 2.28. The Bertz CT molecular complexity index is 634.